The topological polar surface area (TPSA) is 29.9 Å². The van der Waals surface area contributed by atoms with Gasteiger partial charge >= 0.3 is 0 Å². The standard InChI is InChI=1S/C12H23N3/c1-5-6-12-11(7-8-13-4)9-14-15(12)10(2)3/h9-10,13H,5-8H2,1-4H3. The Morgan fingerprint density at radius 3 is 2.67 bits per heavy atom. The second kappa shape index (κ2) is 5.91. The lowest BCUT2D eigenvalue weighted by Crippen LogP contribution is -2.13. The van der Waals surface area contributed by atoms with Crippen LogP contribution in [0.5, 0.6) is 0 Å². The van der Waals surface area contributed by atoms with Gasteiger partial charge in [0.25, 0.3) is 0 Å². The van der Waals surface area contributed by atoms with Crippen molar-refractivity contribution in [2.24, 2.45) is 0 Å². The van der Waals surface area contributed by atoms with Crippen LogP contribution in [0.25, 0.3) is 0 Å². The summed E-state index contributed by atoms with van der Waals surface area (Å²) in [4.78, 5) is 0. The van der Waals surface area contributed by atoms with E-state index in [1.165, 1.54) is 17.7 Å². The first-order chi connectivity index (χ1) is 7.20. The van der Waals surface area contributed by atoms with Crippen LogP contribution in [0, 0.1) is 0 Å². The molecule has 0 aliphatic carbocycles. The Hall–Kier alpha value is -0.830. The third-order valence-corrected chi connectivity index (χ3v) is 2.61. The van der Waals surface area contributed by atoms with Crippen LogP contribution in [0.3, 0.4) is 0 Å². The molecule has 0 bridgehead atoms. The van der Waals surface area contributed by atoms with Crippen molar-refractivity contribution in [2.75, 3.05) is 13.6 Å². The number of hydrogen-bond donors (Lipinski definition) is 1. The molecule has 86 valence electrons. The molecular formula is C12H23N3. The number of nitrogens with zero attached hydrogens (tertiary/aromatic N) is 2. The van der Waals surface area contributed by atoms with Crippen molar-refractivity contribution in [3.63, 3.8) is 0 Å². The summed E-state index contributed by atoms with van der Waals surface area (Å²) in [7, 11) is 1.99. The van der Waals surface area contributed by atoms with Crippen molar-refractivity contribution >= 4 is 0 Å². The van der Waals surface area contributed by atoms with E-state index in [2.05, 4.69) is 35.9 Å². The zero-order valence-corrected chi connectivity index (χ0v) is 10.4. The van der Waals surface area contributed by atoms with E-state index in [9.17, 15) is 0 Å². The first-order valence-corrected chi connectivity index (χ1v) is 5.90. The highest BCUT2D eigenvalue weighted by Gasteiger charge is 2.11. The van der Waals surface area contributed by atoms with Crippen molar-refractivity contribution in [3.8, 4) is 0 Å². The molecule has 1 heterocycles. The molecule has 0 unspecified atom stereocenters. The van der Waals surface area contributed by atoms with Gasteiger partial charge in [-0.2, -0.15) is 5.10 Å². The summed E-state index contributed by atoms with van der Waals surface area (Å²) >= 11 is 0. The van der Waals surface area contributed by atoms with Gasteiger partial charge in [0.2, 0.25) is 0 Å². The number of rotatable bonds is 6. The molecule has 15 heavy (non-hydrogen) atoms. The molecule has 0 radical (unpaired) electrons. The summed E-state index contributed by atoms with van der Waals surface area (Å²) in [5, 5.41) is 7.66. The Kier molecular flexibility index (Phi) is 4.82. The van der Waals surface area contributed by atoms with Gasteiger partial charge in [0.05, 0.1) is 6.20 Å². The molecule has 0 aliphatic heterocycles. The lowest BCUT2D eigenvalue weighted by atomic mass is 10.1. The van der Waals surface area contributed by atoms with Crippen molar-refractivity contribution < 1.29 is 0 Å². The number of hydrogen-bond acceptors (Lipinski definition) is 2. The van der Waals surface area contributed by atoms with Gasteiger partial charge in [-0.1, -0.05) is 13.3 Å². The quantitative estimate of drug-likeness (QED) is 0.778. The van der Waals surface area contributed by atoms with Crippen molar-refractivity contribution in [1.82, 2.24) is 15.1 Å². The zero-order chi connectivity index (χ0) is 11.3. The summed E-state index contributed by atoms with van der Waals surface area (Å²) in [5.41, 5.74) is 2.82. The lowest BCUT2D eigenvalue weighted by Gasteiger charge is -2.12. The Morgan fingerprint density at radius 1 is 1.40 bits per heavy atom. The van der Waals surface area contributed by atoms with E-state index in [0.29, 0.717) is 6.04 Å². The highest BCUT2D eigenvalue weighted by atomic mass is 15.3. The van der Waals surface area contributed by atoms with Crippen LogP contribution in [0.4, 0.5) is 0 Å². The molecule has 1 aromatic heterocycles. The van der Waals surface area contributed by atoms with Gasteiger partial charge in [0, 0.05) is 11.7 Å². The van der Waals surface area contributed by atoms with E-state index in [0.717, 1.165) is 19.4 Å². The second-order valence-electron chi connectivity index (χ2n) is 4.26. The molecule has 0 amide bonds. The summed E-state index contributed by atoms with van der Waals surface area (Å²) in [6.07, 6.45) is 5.43. The number of nitrogens with one attached hydrogen (secondary N) is 1. The average Bonchev–Trinajstić information content (AvgIpc) is 2.59. The molecule has 0 aliphatic rings. The Balaban J connectivity index is 2.85. The molecule has 0 fully saturated rings. The van der Waals surface area contributed by atoms with Gasteiger partial charge in [-0.05, 0) is 45.8 Å². The average molecular weight is 209 g/mol. The predicted octanol–water partition coefficient (Wildman–Crippen LogP) is 2.18. The Bertz CT molecular complexity index is 289. The van der Waals surface area contributed by atoms with Gasteiger partial charge < -0.3 is 5.32 Å². The lowest BCUT2D eigenvalue weighted by molar-refractivity contribution is 0.505. The summed E-state index contributed by atoms with van der Waals surface area (Å²) in [6, 6.07) is 0.467. The van der Waals surface area contributed by atoms with E-state index in [4.69, 9.17) is 0 Å². The third-order valence-electron chi connectivity index (χ3n) is 2.61. The molecule has 0 saturated heterocycles. The SMILES string of the molecule is CCCc1c(CCNC)cnn1C(C)C. The maximum Gasteiger partial charge on any atom is 0.0525 e. The molecule has 3 heteroatoms. The van der Waals surface area contributed by atoms with Crippen LogP contribution in [-0.2, 0) is 12.8 Å². The largest absolute Gasteiger partial charge is 0.319 e. The molecule has 1 rings (SSSR count). The van der Waals surface area contributed by atoms with Gasteiger partial charge in [-0.15, -0.1) is 0 Å². The normalized spacial score (nSPS) is 11.3. The van der Waals surface area contributed by atoms with Crippen LogP contribution in [0.2, 0.25) is 0 Å². The van der Waals surface area contributed by atoms with E-state index >= 15 is 0 Å². The molecule has 0 atom stereocenters. The van der Waals surface area contributed by atoms with Crippen LogP contribution in [0.1, 0.15) is 44.5 Å². The highest BCUT2D eigenvalue weighted by molar-refractivity contribution is 5.19. The van der Waals surface area contributed by atoms with Gasteiger partial charge in [-0.3, -0.25) is 4.68 Å². The maximum atomic E-state index is 4.48. The molecule has 1 aromatic rings. The molecule has 0 aromatic carbocycles. The van der Waals surface area contributed by atoms with Crippen LogP contribution >= 0.6 is 0 Å². The second-order valence-corrected chi connectivity index (χ2v) is 4.26. The third kappa shape index (κ3) is 3.06. The van der Waals surface area contributed by atoms with E-state index in [1.807, 2.05) is 13.2 Å². The number of aromatic nitrogens is 2. The monoisotopic (exact) mass is 209 g/mol. The Labute approximate surface area is 92.9 Å². The summed E-state index contributed by atoms with van der Waals surface area (Å²) in [6.45, 7) is 7.63. The fraction of sp³-hybridized carbons (Fsp3) is 0.750. The molecular weight excluding hydrogens is 186 g/mol. The molecule has 1 N–H and O–H groups in total. The molecule has 3 nitrogen and oxygen atoms in total. The number of likely N-dealkylation sites (N-methyl/N-ethyl adjacent to an activating group) is 1. The van der Waals surface area contributed by atoms with Crippen molar-refractivity contribution in [2.45, 2.75) is 46.1 Å². The zero-order valence-electron chi connectivity index (χ0n) is 10.4. The molecule has 0 saturated carbocycles. The first kappa shape index (κ1) is 12.2. The summed E-state index contributed by atoms with van der Waals surface area (Å²) < 4.78 is 2.16. The van der Waals surface area contributed by atoms with E-state index in [1.54, 1.807) is 0 Å². The minimum atomic E-state index is 0.467. The van der Waals surface area contributed by atoms with Crippen molar-refractivity contribution in [1.29, 1.82) is 0 Å². The van der Waals surface area contributed by atoms with Crippen LogP contribution < -0.4 is 5.32 Å². The van der Waals surface area contributed by atoms with Crippen LogP contribution in [-0.4, -0.2) is 23.4 Å². The van der Waals surface area contributed by atoms with E-state index < -0.39 is 0 Å². The van der Waals surface area contributed by atoms with Gasteiger partial charge in [-0.25, -0.2) is 0 Å². The highest BCUT2D eigenvalue weighted by Crippen LogP contribution is 2.16. The first-order valence-electron chi connectivity index (χ1n) is 5.90. The fourth-order valence-electron chi connectivity index (χ4n) is 1.85. The molecule has 0 spiro atoms. The minimum Gasteiger partial charge on any atom is -0.319 e. The minimum absolute atomic E-state index is 0.467. The van der Waals surface area contributed by atoms with Crippen molar-refractivity contribution in [3.05, 3.63) is 17.5 Å². The maximum absolute atomic E-state index is 4.48. The predicted molar refractivity (Wildman–Crippen MR) is 64.2 cm³/mol. The Morgan fingerprint density at radius 2 is 2.13 bits per heavy atom. The van der Waals surface area contributed by atoms with Gasteiger partial charge in [0.15, 0.2) is 0 Å². The van der Waals surface area contributed by atoms with E-state index in [-0.39, 0.29) is 0 Å². The van der Waals surface area contributed by atoms with Crippen LogP contribution in [0.15, 0.2) is 6.20 Å². The van der Waals surface area contributed by atoms with Gasteiger partial charge in [0.1, 0.15) is 0 Å². The fourth-order valence-corrected chi connectivity index (χ4v) is 1.85. The smallest absolute Gasteiger partial charge is 0.0525 e. The summed E-state index contributed by atoms with van der Waals surface area (Å²) in [5.74, 6) is 0.